The van der Waals surface area contributed by atoms with Crippen LogP contribution in [0.3, 0.4) is 0 Å². The Labute approximate surface area is 119 Å². The van der Waals surface area contributed by atoms with E-state index < -0.39 is 0 Å². The van der Waals surface area contributed by atoms with Gasteiger partial charge in [0.2, 0.25) is 0 Å². The first-order valence-electron chi connectivity index (χ1n) is 6.19. The molecule has 0 spiro atoms. The average Bonchev–Trinajstić information content (AvgIpc) is 2.91. The van der Waals surface area contributed by atoms with Gasteiger partial charge in [0.1, 0.15) is 0 Å². The molecule has 0 radical (unpaired) electrons. The maximum atomic E-state index is 8.81. The number of hydrogen-bond acceptors (Lipinski definition) is 2. The molecule has 0 aromatic heterocycles. The second-order valence-corrected chi connectivity index (χ2v) is 4.64. The van der Waals surface area contributed by atoms with E-state index in [4.69, 9.17) is 10.8 Å². The first-order chi connectivity index (χ1) is 6.88. The molecule has 2 saturated carbocycles. The fourth-order valence-corrected chi connectivity index (χ4v) is 2.55. The number of aliphatic hydroxyl groups is 1. The molecule has 106 valence electrons. The molecule has 2 aliphatic carbocycles. The van der Waals surface area contributed by atoms with Gasteiger partial charge in [-0.05, 0) is 31.2 Å². The van der Waals surface area contributed by atoms with E-state index in [0.717, 1.165) is 6.54 Å². The first-order valence-corrected chi connectivity index (χ1v) is 6.19. The summed E-state index contributed by atoms with van der Waals surface area (Å²) in [5, 5.41) is 8.81. The minimum absolute atomic E-state index is 0. The number of nitrogens with two attached hydrogens (primary N) is 1. The van der Waals surface area contributed by atoms with Gasteiger partial charge in [0, 0.05) is 6.61 Å². The quantitative estimate of drug-likeness (QED) is 0.604. The number of aliphatic hydroxyl groups excluding tert-OH is 1. The topological polar surface area (TPSA) is 46.2 Å². The van der Waals surface area contributed by atoms with Gasteiger partial charge in [-0.1, -0.05) is 38.5 Å². The monoisotopic (exact) mass is 285 g/mol. The van der Waals surface area contributed by atoms with Gasteiger partial charge in [-0.25, -0.2) is 0 Å². The Morgan fingerprint density at radius 3 is 1.53 bits per heavy atom. The minimum Gasteiger partial charge on any atom is -0.396 e. The van der Waals surface area contributed by atoms with Crippen LogP contribution in [0.15, 0.2) is 0 Å². The third-order valence-electron chi connectivity index (χ3n) is 3.60. The number of hydrogen-bond donors (Lipinski definition) is 2. The summed E-state index contributed by atoms with van der Waals surface area (Å²) in [6, 6.07) is 0. The summed E-state index contributed by atoms with van der Waals surface area (Å²) in [7, 11) is 0. The van der Waals surface area contributed by atoms with Gasteiger partial charge in [-0.2, -0.15) is 0 Å². The summed E-state index contributed by atoms with van der Waals surface area (Å²) in [6.07, 6.45) is 11.2. The van der Waals surface area contributed by atoms with E-state index in [1.807, 2.05) is 0 Å². The first kappa shape index (κ1) is 22.6. The molecule has 0 saturated heterocycles. The molecular formula is C14H31FeNO. The fraction of sp³-hybridized carbons (Fsp3) is 0.857. The number of rotatable bonds is 2. The van der Waals surface area contributed by atoms with Gasteiger partial charge in [0.15, 0.2) is 0 Å². The Bertz CT molecular complexity index is 123. The van der Waals surface area contributed by atoms with Crippen LogP contribution < -0.4 is 5.73 Å². The zero-order chi connectivity index (χ0) is 10.2. The molecule has 0 aromatic rings. The predicted octanol–water partition coefficient (Wildman–Crippen LogP) is 3.20. The average molecular weight is 285 g/mol. The zero-order valence-electron chi connectivity index (χ0n) is 11.6. The molecule has 3 heteroatoms. The third-order valence-corrected chi connectivity index (χ3v) is 3.60. The van der Waals surface area contributed by atoms with Crippen molar-refractivity contribution in [1.29, 1.82) is 0 Å². The molecule has 2 rings (SSSR count). The van der Waals surface area contributed by atoms with Crippen LogP contribution in [0.25, 0.3) is 0 Å². The molecular weight excluding hydrogens is 254 g/mol. The molecule has 2 aliphatic rings. The SMILES string of the molecule is C1CCCC1.NCC1CCCC1CO.[CH3-].[CH3-].[Fe+2]. The Hall–Kier alpha value is 0.439. The second-order valence-electron chi connectivity index (χ2n) is 4.64. The van der Waals surface area contributed by atoms with Gasteiger partial charge >= 0.3 is 17.1 Å². The van der Waals surface area contributed by atoms with E-state index in [1.54, 1.807) is 0 Å². The maximum absolute atomic E-state index is 8.81. The molecule has 0 aliphatic heterocycles. The van der Waals surface area contributed by atoms with Crippen molar-refractivity contribution in [2.75, 3.05) is 13.2 Å². The van der Waals surface area contributed by atoms with Crippen LogP contribution in [0.5, 0.6) is 0 Å². The van der Waals surface area contributed by atoms with E-state index in [9.17, 15) is 0 Å². The van der Waals surface area contributed by atoms with Crippen molar-refractivity contribution in [1.82, 2.24) is 0 Å². The minimum atomic E-state index is 0. The van der Waals surface area contributed by atoms with E-state index >= 15 is 0 Å². The van der Waals surface area contributed by atoms with Crippen LogP contribution in [0.1, 0.15) is 51.4 Å². The van der Waals surface area contributed by atoms with E-state index in [2.05, 4.69) is 0 Å². The third kappa shape index (κ3) is 9.07. The Morgan fingerprint density at radius 1 is 0.824 bits per heavy atom. The summed E-state index contributed by atoms with van der Waals surface area (Å²) in [5.41, 5.74) is 5.49. The molecule has 3 N–H and O–H groups in total. The second kappa shape index (κ2) is 14.5. The van der Waals surface area contributed by atoms with Crippen LogP contribution in [0.4, 0.5) is 0 Å². The van der Waals surface area contributed by atoms with Crippen molar-refractivity contribution in [2.24, 2.45) is 17.6 Å². The van der Waals surface area contributed by atoms with Gasteiger partial charge in [-0.3, -0.25) is 0 Å². The molecule has 2 fully saturated rings. The van der Waals surface area contributed by atoms with E-state index in [0.29, 0.717) is 18.4 Å². The Balaban J connectivity index is -0.000000216. The van der Waals surface area contributed by atoms with Crippen molar-refractivity contribution >= 4 is 0 Å². The zero-order valence-corrected chi connectivity index (χ0v) is 12.7. The smallest absolute Gasteiger partial charge is 0.396 e. The van der Waals surface area contributed by atoms with Crippen LogP contribution >= 0.6 is 0 Å². The molecule has 2 atom stereocenters. The normalized spacial score (nSPS) is 25.8. The van der Waals surface area contributed by atoms with E-state index in [1.165, 1.54) is 51.4 Å². The standard InChI is InChI=1S/C7H15NO.C5H10.2CH3.Fe/c8-4-6-2-1-3-7(6)5-9;1-2-4-5-3-1;;;/h6-7,9H,1-5,8H2;1-5H2;2*1H3;/q;;2*-1;+2. The molecule has 2 unspecified atom stereocenters. The summed E-state index contributed by atoms with van der Waals surface area (Å²) >= 11 is 0. The van der Waals surface area contributed by atoms with Crippen molar-refractivity contribution in [3.8, 4) is 0 Å². The predicted molar refractivity (Wildman–Crippen MR) is 72.9 cm³/mol. The molecule has 0 heterocycles. The summed E-state index contributed by atoms with van der Waals surface area (Å²) < 4.78 is 0. The molecule has 2 nitrogen and oxygen atoms in total. The van der Waals surface area contributed by atoms with Crippen LogP contribution in [-0.2, 0) is 17.1 Å². The van der Waals surface area contributed by atoms with Gasteiger partial charge in [0.25, 0.3) is 0 Å². The Morgan fingerprint density at radius 2 is 1.24 bits per heavy atom. The largest absolute Gasteiger partial charge is 2.00 e. The Kier molecular flexibility index (Phi) is 19.3. The maximum Gasteiger partial charge on any atom is 2.00 e. The fourth-order valence-electron chi connectivity index (χ4n) is 2.55. The van der Waals surface area contributed by atoms with Crippen LogP contribution in [0, 0.1) is 26.7 Å². The van der Waals surface area contributed by atoms with Crippen LogP contribution in [0.2, 0.25) is 0 Å². The van der Waals surface area contributed by atoms with Crippen molar-refractivity contribution in [3.05, 3.63) is 14.9 Å². The van der Waals surface area contributed by atoms with Crippen molar-refractivity contribution in [3.63, 3.8) is 0 Å². The molecule has 0 amide bonds. The van der Waals surface area contributed by atoms with Crippen molar-refractivity contribution < 1.29 is 22.2 Å². The summed E-state index contributed by atoms with van der Waals surface area (Å²) in [6.45, 7) is 1.09. The van der Waals surface area contributed by atoms with E-state index in [-0.39, 0.29) is 31.9 Å². The molecule has 0 aromatic carbocycles. The van der Waals surface area contributed by atoms with Crippen LogP contribution in [-0.4, -0.2) is 18.3 Å². The molecule has 17 heavy (non-hydrogen) atoms. The van der Waals surface area contributed by atoms with Gasteiger partial charge in [-0.15, -0.1) is 0 Å². The summed E-state index contributed by atoms with van der Waals surface area (Å²) in [4.78, 5) is 0. The molecule has 0 bridgehead atoms. The summed E-state index contributed by atoms with van der Waals surface area (Å²) in [5.74, 6) is 1.12. The van der Waals surface area contributed by atoms with Gasteiger partial charge in [0.05, 0.1) is 0 Å². The van der Waals surface area contributed by atoms with Crippen molar-refractivity contribution in [2.45, 2.75) is 51.4 Å². The van der Waals surface area contributed by atoms with Gasteiger partial charge < -0.3 is 25.7 Å².